The molecule has 0 spiro atoms. The summed E-state index contributed by atoms with van der Waals surface area (Å²) in [6.45, 7) is 1.57. The van der Waals surface area contributed by atoms with E-state index in [1.165, 1.54) is 4.57 Å². The van der Waals surface area contributed by atoms with Crippen molar-refractivity contribution in [3.05, 3.63) is 34.4 Å². The van der Waals surface area contributed by atoms with E-state index >= 15 is 0 Å². The Labute approximate surface area is 104 Å². The van der Waals surface area contributed by atoms with Gasteiger partial charge in [-0.05, 0) is 19.4 Å². The van der Waals surface area contributed by atoms with Gasteiger partial charge in [0.2, 0.25) is 0 Å². The van der Waals surface area contributed by atoms with E-state index in [1.54, 1.807) is 12.3 Å². The minimum Gasteiger partial charge on any atom is -0.395 e. The lowest BCUT2D eigenvalue weighted by Gasteiger charge is -2.27. The van der Waals surface area contributed by atoms with Crippen molar-refractivity contribution in [2.45, 2.75) is 19.4 Å². The lowest BCUT2D eigenvalue weighted by atomic mass is 9.83. The summed E-state index contributed by atoms with van der Waals surface area (Å²) in [4.78, 5) is 15.4. The molecule has 1 aromatic rings. The van der Waals surface area contributed by atoms with Gasteiger partial charge in [-0.25, -0.2) is 4.79 Å². The summed E-state index contributed by atoms with van der Waals surface area (Å²) < 4.78 is 1.47. The molecule has 1 aromatic heterocycles. The molecule has 6 nitrogen and oxygen atoms in total. The maximum Gasteiger partial charge on any atom is 0.350 e. The molecule has 1 atom stereocenters. The molecule has 6 heteroatoms. The van der Waals surface area contributed by atoms with Crippen molar-refractivity contribution in [1.29, 1.82) is 0 Å². The number of rotatable bonds is 3. The van der Waals surface area contributed by atoms with Gasteiger partial charge in [-0.3, -0.25) is 4.57 Å². The van der Waals surface area contributed by atoms with Gasteiger partial charge in [0, 0.05) is 11.6 Å². The number of anilines is 1. The fourth-order valence-corrected chi connectivity index (χ4v) is 2.37. The second kappa shape index (κ2) is 4.55. The van der Waals surface area contributed by atoms with E-state index < -0.39 is 11.1 Å². The summed E-state index contributed by atoms with van der Waals surface area (Å²) in [6.07, 6.45) is 3.95. The third-order valence-electron chi connectivity index (χ3n) is 3.69. The molecule has 98 valence electrons. The van der Waals surface area contributed by atoms with Gasteiger partial charge in [-0.2, -0.15) is 4.98 Å². The van der Waals surface area contributed by atoms with Crippen LogP contribution in [-0.2, 0) is 0 Å². The number of nitrogens with two attached hydrogens (primary N) is 1. The highest BCUT2D eigenvalue weighted by molar-refractivity contribution is 5.26. The molecule has 0 radical (unpaired) electrons. The predicted molar refractivity (Wildman–Crippen MR) is 66.9 cm³/mol. The monoisotopic (exact) mass is 251 g/mol. The summed E-state index contributed by atoms with van der Waals surface area (Å²) in [5, 5.41) is 18.9. The largest absolute Gasteiger partial charge is 0.395 e. The van der Waals surface area contributed by atoms with E-state index in [2.05, 4.69) is 4.98 Å². The lowest BCUT2D eigenvalue weighted by Crippen LogP contribution is -2.32. The molecular formula is C12H17N3O3. The summed E-state index contributed by atoms with van der Waals surface area (Å²) >= 11 is 0. The smallest absolute Gasteiger partial charge is 0.350 e. The van der Waals surface area contributed by atoms with Gasteiger partial charge < -0.3 is 15.9 Å². The van der Waals surface area contributed by atoms with Crippen molar-refractivity contribution in [3.63, 3.8) is 0 Å². The first-order valence-electron chi connectivity index (χ1n) is 5.78. The first-order valence-corrected chi connectivity index (χ1v) is 5.78. The molecule has 1 heterocycles. The van der Waals surface area contributed by atoms with Crippen LogP contribution in [0.2, 0.25) is 0 Å². The quantitative estimate of drug-likeness (QED) is 0.639. The Balaban J connectivity index is 2.36. The standard InChI is InChI=1S/C12H17N3O3/c1-8-4-9(5-12(8,6-16)7-17)15-3-2-10(13)14-11(15)18/h2-4,9,16-17H,5-7H2,1H3,(H2,13,14,18)/t9-/m0/s1. The van der Waals surface area contributed by atoms with Crippen molar-refractivity contribution in [1.82, 2.24) is 9.55 Å². The lowest BCUT2D eigenvalue weighted by molar-refractivity contribution is 0.0784. The molecule has 0 aliphatic heterocycles. The Hall–Kier alpha value is -1.66. The summed E-state index contributed by atoms with van der Waals surface area (Å²) in [5.41, 5.74) is 5.26. The minimum absolute atomic E-state index is 0.139. The third kappa shape index (κ3) is 1.93. The normalized spacial score (nSPS) is 21.9. The maximum absolute atomic E-state index is 11.7. The van der Waals surface area contributed by atoms with Gasteiger partial charge in [-0.15, -0.1) is 0 Å². The fourth-order valence-electron chi connectivity index (χ4n) is 2.37. The highest BCUT2D eigenvalue weighted by Crippen LogP contribution is 2.42. The topological polar surface area (TPSA) is 101 Å². The Morgan fingerprint density at radius 3 is 2.72 bits per heavy atom. The fraction of sp³-hybridized carbons (Fsp3) is 0.500. The molecule has 0 bridgehead atoms. The van der Waals surface area contributed by atoms with Crippen molar-refractivity contribution >= 4 is 5.82 Å². The Morgan fingerprint density at radius 1 is 1.56 bits per heavy atom. The first kappa shape index (κ1) is 12.8. The van der Waals surface area contributed by atoms with E-state index in [4.69, 9.17) is 5.73 Å². The molecule has 0 saturated carbocycles. The van der Waals surface area contributed by atoms with Crippen LogP contribution in [0.1, 0.15) is 19.4 Å². The van der Waals surface area contributed by atoms with Crippen LogP contribution in [0.3, 0.4) is 0 Å². The maximum atomic E-state index is 11.7. The van der Waals surface area contributed by atoms with Crippen molar-refractivity contribution in [2.24, 2.45) is 5.41 Å². The Morgan fingerprint density at radius 2 is 2.22 bits per heavy atom. The van der Waals surface area contributed by atoms with Crippen LogP contribution in [0.15, 0.2) is 28.7 Å². The van der Waals surface area contributed by atoms with Crippen LogP contribution in [0.4, 0.5) is 5.82 Å². The van der Waals surface area contributed by atoms with Crippen LogP contribution in [0.25, 0.3) is 0 Å². The van der Waals surface area contributed by atoms with Gasteiger partial charge in [0.1, 0.15) is 5.82 Å². The summed E-state index contributed by atoms with van der Waals surface area (Å²) in [7, 11) is 0. The second-order valence-electron chi connectivity index (χ2n) is 4.76. The number of hydrogen-bond acceptors (Lipinski definition) is 5. The highest BCUT2D eigenvalue weighted by atomic mass is 16.3. The number of allylic oxidation sites excluding steroid dienone is 1. The van der Waals surface area contributed by atoms with Crippen molar-refractivity contribution < 1.29 is 10.2 Å². The molecule has 0 fully saturated rings. The number of aromatic nitrogens is 2. The zero-order chi connectivity index (χ0) is 13.3. The van der Waals surface area contributed by atoms with E-state index in [1.807, 2.05) is 13.0 Å². The van der Waals surface area contributed by atoms with Gasteiger partial charge in [0.15, 0.2) is 0 Å². The summed E-state index contributed by atoms with van der Waals surface area (Å²) in [5.74, 6) is 0.186. The third-order valence-corrected chi connectivity index (χ3v) is 3.69. The molecule has 0 saturated heterocycles. The molecule has 0 aromatic carbocycles. The zero-order valence-electron chi connectivity index (χ0n) is 10.2. The molecule has 2 rings (SSSR count). The number of hydrogen-bond donors (Lipinski definition) is 3. The SMILES string of the molecule is CC1=C[C@H](n2ccc(N)nc2=O)CC1(CO)CO. The second-order valence-corrected chi connectivity index (χ2v) is 4.76. The highest BCUT2D eigenvalue weighted by Gasteiger charge is 2.39. The van der Waals surface area contributed by atoms with Gasteiger partial charge in [-0.1, -0.05) is 11.6 Å². The minimum atomic E-state index is -0.647. The number of nitrogens with zero attached hydrogens (tertiary/aromatic N) is 2. The van der Waals surface area contributed by atoms with Crippen LogP contribution in [0.5, 0.6) is 0 Å². The van der Waals surface area contributed by atoms with E-state index in [-0.39, 0.29) is 25.1 Å². The first-order chi connectivity index (χ1) is 8.52. The van der Waals surface area contributed by atoms with E-state index in [9.17, 15) is 15.0 Å². The molecule has 18 heavy (non-hydrogen) atoms. The Kier molecular flexibility index (Phi) is 3.23. The van der Waals surface area contributed by atoms with Gasteiger partial charge in [0.25, 0.3) is 0 Å². The molecule has 4 N–H and O–H groups in total. The predicted octanol–water partition coefficient (Wildman–Crippen LogP) is -0.312. The van der Waals surface area contributed by atoms with Crippen molar-refractivity contribution in [2.75, 3.05) is 18.9 Å². The molecule has 1 aliphatic carbocycles. The molecule has 0 amide bonds. The average molecular weight is 251 g/mol. The van der Waals surface area contributed by atoms with Crippen LogP contribution in [-0.4, -0.2) is 33.0 Å². The van der Waals surface area contributed by atoms with Gasteiger partial charge >= 0.3 is 5.69 Å². The molecule has 0 unspecified atom stereocenters. The van der Waals surface area contributed by atoms with E-state index in [0.29, 0.717) is 6.42 Å². The van der Waals surface area contributed by atoms with E-state index in [0.717, 1.165) is 5.57 Å². The van der Waals surface area contributed by atoms with Crippen LogP contribution in [0, 0.1) is 5.41 Å². The summed E-state index contributed by atoms with van der Waals surface area (Å²) in [6, 6.07) is 1.35. The average Bonchev–Trinajstić information content (AvgIpc) is 2.67. The Bertz CT molecular complexity index is 532. The van der Waals surface area contributed by atoms with Gasteiger partial charge in [0.05, 0.1) is 19.3 Å². The molecular weight excluding hydrogens is 234 g/mol. The van der Waals surface area contributed by atoms with Crippen LogP contribution < -0.4 is 11.4 Å². The molecule has 1 aliphatic rings. The van der Waals surface area contributed by atoms with Crippen molar-refractivity contribution in [3.8, 4) is 0 Å². The van der Waals surface area contributed by atoms with Crippen LogP contribution >= 0.6 is 0 Å². The zero-order valence-corrected chi connectivity index (χ0v) is 10.2. The number of aliphatic hydroxyl groups is 2. The number of aliphatic hydroxyl groups excluding tert-OH is 2. The number of nitrogen functional groups attached to an aromatic ring is 1.